The van der Waals surface area contributed by atoms with E-state index in [1.807, 2.05) is 13.1 Å². The first-order valence-corrected chi connectivity index (χ1v) is 8.03. The van der Waals surface area contributed by atoms with Crippen molar-refractivity contribution >= 4 is 11.6 Å². The maximum Gasteiger partial charge on any atom is 0.129 e. The van der Waals surface area contributed by atoms with Gasteiger partial charge in [-0.2, -0.15) is 0 Å². The van der Waals surface area contributed by atoms with Crippen molar-refractivity contribution < 1.29 is 4.39 Å². The molecule has 2 rings (SSSR count). The van der Waals surface area contributed by atoms with Crippen LogP contribution in [-0.2, 0) is 0 Å². The zero-order valence-corrected chi connectivity index (χ0v) is 13.4. The van der Waals surface area contributed by atoms with Crippen LogP contribution in [0.5, 0.6) is 0 Å². The maximum atomic E-state index is 14.1. The second kappa shape index (κ2) is 6.91. The molecule has 0 radical (unpaired) electrons. The van der Waals surface area contributed by atoms with Crippen molar-refractivity contribution in [3.05, 3.63) is 34.6 Å². The highest BCUT2D eigenvalue weighted by Gasteiger charge is 2.30. The van der Waals surface area contributed by atoms with Gasteiger partial charge in [0, 0.05) is 16.6 Å². The van der Waals surface area contributed by atoms with Crippen LogP contribution in [0.1, 0.15) is 51.1 Å². The van der Waals surface area contributed by atoms with Crippen LogP contribution in [0.4, 0.5) is 4.39 Å². The van der Waals surface area contributed by atoms with Crippen LogP contribution in [0, 0.1) is 23.6 Å². The van der Waals surface area contributed by atoms with Gasteiger partial charge in [-0.1, -0.05) is 31.5 Å². The molecule has 0 spiro atoms. The normalized spacial score (nSPS) is 24.9. The first-order valence-electron chi connectivity index (χ1n) is 7.65. The van der Waals surface area contributed by atoms with Crippen LogP contribution in [0.15, 0.2) is 18.2 Å². The number of benzene rings is 1. The van der Waals surface area contributed by atoms with Gasteiger partial charge >= 0.3 is 0 Å². The summed E-state index contributed by atoms with van der Waals surface area (Å²) in [6, 6.07) is 5.12. The number of hydrogen-bond donors (Lipinski definition) is 1. The molecule has 1 nitrogen and oxygen atoms in total. The Labute approximate surface area is 126 Å². The molecule has 0 amide bonds. The molecule has 1 saturated carbocycles. The average Bonchev–Trinajstić information content (AvgIpc) is 2.42. The summed E-state index contributed by atoms with van der Waals surface area (Å²) in [6.07, 6.45) is 4.87. The predicted molar refractivity (Wildman–Crippen MR) is 83.5 cm³/mol. The van der Waals surface area contributed by atoms with Crippen LogP contribution in [-0.4, -0.2) is 7.05 Å². The summed E-state index contributed by atoms with van der Waals surface area (Å²) < 4.78 is 14.1. The Morgan fingerprint density at radius 3 is 2.25 bits per heavy atom. The van der Waals surface area contributed by atoms with Crippen molar-refractivity contribution in [2.75, 3.05) is 7.05 Å². The van der Waals surface area contributed by atoms with Crippen LogP contribution in [0.2, 0.25) is 5.02 Å². The van der Waals surface area contributed by atoms with Crippen LogP contribution in [0.3, 0.4) is 0 Å². The molecule has 112 valence electrons. The highest BCUT2D eigenvalue weighted by atomic mass is 35.5. The Hall–Kier alpha value is -0.600. The molecule has 3 heteroatoms. The summed E-state index contributed by atoms with van der Waals surface area (Å²) in [5.41, 5.74) is 0.755. The topological polar surface area (TPSA) is 12.0 Å². The van der Waals surface area contributed by atoms with Crippen molar-refractivity contribution in [2.45, 2.75) is 45.6 Å². The average molecular weight is 298 g/mol. The van der Waals surface area contributed by atoms with E-state index in [1.165, 1.54) is 31.7 Å². The molecule has 1 fully saturated rings. The first-order chi connectivity index (χ1) is 9.52. The molecule has 0 aliphatic heterocycles. The Bertz CT molecular complexity index is 439. The fraction of sp³-hybridized carbons (Fsp3) is 0.647. The van der Waals surface area contributed by atoms with Gasteiger partial charge in [0.15, 0.2) is 0 Å². The lowest BCUT2D eigenvalue weighted by atomic mass is 9.73. The fourth-order valence-electron chi connectivity index (χ4n) is 3.54. The molecule has 1 aliphatic carbocycles. The van der Waals surface area contributed by atoms with E-state index in [0.717, 1.165) is 17.4 Å². The third kappa shape index (κ3) is 3.53. The zero-order valence-electron chi connectivity index (χ0n) is 12.6. The molecule has 0 heterocycles. The SMILES string of the molecule is CNC(c1ccc(Cl)cc1F)C1CCC(C(C)C)CC1. The summed E-state index contributed by atoms with van der Waals surface area (Å²) in [7, 11) is 1.92. The van der Waals surface area contributed by atoms with Crippen molar-refractivity contribution in [1.29, 1.82) is 0 Å². The second-order valence-corrected chi connectivity index (χ2v) is 6.79. The number of nitrogens with one attached hydrogen (secondary N) is 1. The lowest BCUT2D eigenvalue weighted by molar-refractivity contribution is 0.191. The smallest absolute Gasteiger partial charge is 0.129 e. The van der Waals surface area contributed by atoms with E-state index in [2.05, 4.69) is 19.2 Å². The summed E-state index contributed by atoms with van der Waals surface area (Å²) in [4.78, 5) is 0. The van der Waals surface area contributed by atoms with E-state index >= 15 is 0 Å². The zero-order chi connectivity index (χ0) is 14.7. The second-order valence-electron chi connectivity index (χ2n) is 6.35. The van der Waals surface area contributed by atoms with Crippen molar-refractivity contribution in [1.82, 2.24) is 5.32 Å². The van der Waals surface area contributed by atoms with Crippen molar-refractivity contribution in [2.24, 2.45) is 17.8 Å². The van der Waals surface area contributed by atoms with Gasteiger partial charge in [-0.3, -0.25) is 0 Å². The molecule has 1 atom stereocenters. The Balaban J connectivity index is 2.09. The molecule has 1 N–H and O–H groups in total. The van der Waals surface area contributed by atoms with E-state index in [-0.39, 0.29) is 11.9 Å². The summed E-state index contributed by atoms with van der Waals surface area (Å²) in [5.74, 6) is 1.92. The monoisotopic (exact) mass is 297 g/mol. The highest BCUT2D eigenvalue weighted by Crippen LogP contribution is 2.40. The van der Waals surface area contributed by atoms with E-state index in [4.69, 9.17) is 11.6 Å². The van der Waals surface area contributed by atoms with Crippen molar-refractivity contribution in [3.63, 3.8) is 0 Å². The minimum Gasteiger partial charge on any atom is -0.313 e. The molecule has 0 aromatic heterocycles. The Morgan fingerprint density at radius 1 is 1.15 bits per heavy atom. The van der Waals surface area contributed by atoms with Crippen LogP contribution >= 0.6 is 11.6 Å². The summed E-state index contributed by atoms with van der Waals surface area (Å²) in [6.45, 7) is 4.61. The third-order valence-electron chi connectivity index (χ3n) is 4.84. The van der Waals surface area contributed by atoms with Crippen molar-refractivity contribution in [3.8, 4) is 0 Å². The Kier molecular flexibility index (Phi) is 5.45. The largest absolute Gasteiger partial charge is 0.313 e. The van der Waals surface area contributed by atoms with Gasteiger partial charge in [0.25, 0.3) is 0 Å². The number of halogens is 2. The first kappa shape index (κ1) is 15.8. The van der Waals surface area contributed by atoms with Gasteiger partial charge in [-0.05, 0) is 62.6 Å². The molecule has 1 aromatic rings. The van der Waals surface area contributed by atoms with Gasteiger partial charge in [-0.25, -0.2) is 4.39 Å². The predicted octanol–water partition coefficient (Wildman–Crippen LogP) is 5.20. The van der Waals surface area contributed by atoms with Gasteiger partial charge in [0.1, 0.15) is 5.82 Å². The summed E-state index contributed by atoms with van der Waals surface area (Å²) >= 11 is 5.84. The fourth-order valence-corrected chi connectivity index (χ4v) is 3.70. The van der Waals surface area contributed by atoms with E-state index in [1.54, 1.807) is 6.07 Å². The molecule has 0 saturated heterocycles. The molecule has 20 heavy (non-hydrogen) atoms. The van der Waals surface area contributed by atoms with Crippen LogP contribution in [0.25, 0.3) is 0 Å². The lowest BCUT2D eigenvalue weighted by Crippen LogP contribution is -2.30. The standard InChI is InChI=1S/C17H25ClFN/c1-11(2)12-4-6-13(7-5-12)17(20-3)15-9-8-14(18)10-16(15)19/h8-13,17,20H,4-7H2,1-3H3. The molecular formula is C17H25ClFN. The summed E-state index contributed by atoms with van der Waals surface area (Å²) in [5, 5.41) is 3.77. The molecule has 0 bridgehead atoms. The van der Waals surface area contributed by atoms with E-state index in [0.29, 0.717) is 10.9 Å². The molecule has 1 aliphatic rings. The third-order valence-corrected chi connectivity index (χ3v) is 5.07. The molecular weight excluding hydrogens is 273 g/mol. The van der Waals surface area contributed by atoms with Gasteiger partial charge < -0.3 is 5.32 Å². The number of hydrogen-bond acceptors (Lipinski definition) is 1. The van der Waals surface area contributed by atoms with E-state index < -0.39 is 0 Å². The molecule has 1 aromatic carbocycles. The minimum absolute atomic E-state index is 0.0976. The molecule has 1 unspecified atom stereocenters. The number of rotatable bonds is 4. The highest BCUT2D eigenvalue weighted by molar-refractivity contribution is 6.30. The van der Waals surface area contributed by atoms with Gasteiger partial charge in [0.2, 0.25) is 0 Å². The quantitative estimate of drug-likeness (QED) is 0.805. The Morgan fingerprint density at radius 2 is 1.75 bits per heavy atom. The lowest BCUT2D eigenvalue weighted by Gasteiger charge is -2.35. The van der Waals surface area contributed by atoms with Crippen LogP contribution < -0.4 is 5.32 Å². The van der Waals surface area contributed by atoms with Gasteiger partial charge in [0.05, 0.1) is 0 Å². The maximum absolute atomic E-state index is 14.1. The van der Waals surface area contributed by atoms with E-state index in [9.17, 15) is 4.39 Å². The van der Waals surface area contributed by atoms with Gasteiger partial charge in [-0.15, -0.1) is 0 Å². The minimum atomic E-state index is -0.192.